The van der Waals surface area contributed by atoms with Crippen molar-refractivity contribution < 1.29 is 24.2 Å². The van der Waals surface area contributed by atoms with Crippen LogP contribution in [0.2, 0.25) is 0 Å². The van der Waals surface area contributed by atoms with Gasteiger partial charge in [0, 0.05) is 6.08 Å². The summed E-state index contributed by atoms with van der Waals surface area (Å²) in [6.07, 6.45) is 1.97. The van der Waals surface area contributed by atoms with E-state index in [-0.39, 0.29) is 6.10 Å². The molecule has 1 fully saturated rings. The number of methoxy groups -OCH3 is 1. The number of amides is 1. The van der Waals surface area contributed by atoms with Crippen molar-refractivity contribution in [2.75, 3.05) is 20.2 Å². The Kier molecular flexibility index (Phi) is 4.24. The Labute approximate surface area is 116 Å². The van der Waals surface area contributed by atoms with Gasteiger partial charge in [0.1, 0.15) is 11.9 Å². The fourth-order valence-corrected chi connectivity index (χ4v) is 1.75. The van der Waals surface area contributed by atoms with Crippen molar-refractivity contribution in [1.29, 1.82) is 0 Å². The molecule has 0 saturated carbocycles. The zero-order chi connectivity index (χ0) is 14.5. The highest BCUT2D eigenvalue weighted by atomic mass is 16.5. The number of rotatable bonds is 4. The molecule has 1 aromatic carbocycles. The lowest BCUT2D eigenvalue weighted by Crippen LogP contribution is -2.55. The molecule has 6 heteroatoms. The maximum Gasteiger partial charge on any atom is 0.407 e. The first-order valence-corrected chi connectivity index (χ1v) is 6.09. The summed E-state index contributed by atoms with van der Waals surface area (Å²) in [4.78, 5) is 22.8. The molecule has 0 bridgehead atoms. The first-order valence-electron chi connectivity index (χ1n) is 6.09. The molecule has 1 aliphatic heterocycles. The summed E-state index contributed by atoms with van der Waals surface area (Å²) in [5, 5.41) is 8.70. The molecule has 0 aliphatic carbocycles. The maximum absolute atomic E-state index is 10.9. The molecule has 1 aromatic rings. The lowest BCUT2D eigenvalue weighted by atomic mass is 10.1. The number of carbonyl (C=O) groups is 2. The molecule has 1 heterocycles. The van der Waals surface area contributed by atoms with Crippen molar-refractivity contribution >= 4 is 18.1 Å². The number of carbonyl (C=O) groups excluding carboxylic acids is 1. The van der Waals surface area contributed by atoms with E-state index >= 15 is 0 Å². The Bertz CT molecular complexity index is 517. The van der Waals surface area contributed by atoms with Crippen LogP contribution >= 0.6 is 0 Å². The SMILES string of the molecule is COC(=O)C=Cc1ccc(OC2CN(C(=O)O)C2)cc1. The van der Waals surface area contributed by atoms with Crippen LogP contribution in [0.1, 0.15) is 5.56 Å². The zero-order valence-electron chi connectivity index (χ0n) is 11.0. The number of likely N-dealkylation sites (tertiary alicyclic amines) is 1. The van der Waals surface area contributed by atoms with Crippen LogP contribution in [-0.4, -0.2) is 48.4 Å². The van der Waals surface area contributed by atoms with Crippen LogP contribution in [0, 0.1) is 0 Å². The summed E-state index contributed by atoms with van der Waals surface area (Å²) in [6, 6.07) is 7.17. The largest absolute Gasteiger partial charge is 0.487 e. The van der Waals surface area contributed by atoms with Crippen LogP contribution in [0.4, 0.5) is 4.79 Å². The molecule has 20 heavy (non-hydrogen) atoms. The number of nitrogens with zero attached hydrogens (tertiary/aromatic N) is 1. The highest BCUT2D eigenvalue weighted by Gasteiger charge is 2.31. The summed E-state index contributed by atoms with van der Waals surface area (Å²) in [5.41, 5.74) is 0.850. The van der Waals surface area contributed by atoms with E-state index in [9.17, 15) is 9.59 Å². The second-order valence-electron chi connectivity index (χ2n) is 4.35. The predicted octanol–water partition coefficient (Wildman–Crippen LogP) is 1.61. The molecule has 0 radical (unpaired) electrons. The lowest BCUT2D eigenvalue weighted by Gasteiger charge is -2.36. The number of benzene rings is 1. The zero-order valence-corrected chi connectivity index (χ0v) is 11.0. The first kappa shape index (κ1) is 13.9. The average molecular weight is 277 g/mol. The third-order valence-corrected chi connectivity index (χ3v) is 2.91. The Hall–Kier alpha value is -2.50. The molecule has 106 valence electrons. The quantitative estimate of drug-likeness (QED) is 0.668. The number of hydrogen-bond acceptors (Lipinski definition) is 4. The number of hydrogen-bond donors (Lipinski definition) is 1. The Balaban J connectivity index is 1.85. The third kappa shape index (κ3) is 3.50. The molecule has 1 N–H and O–H groups in total. The Morgan fingerprint density at radius 2 is 1.95 bits per heavy atom. The van der Waals surface area contributed by atoms with Gasteiger partial charge in [-0.05, 0) is 23.8 Å². The maximum atomic E-state index is 10.9. The van der Waals surface area contributed by atoms with Gasteiger partial charge >= 0.3 is 12.1 Å². The van der Waals surface area contributed by atoms with E-state index in [0.717, 1.165) is 5.56 Å². The van der Waals surface area contributed by atoms with E-state index in [0.29, 0.717) is 18.8 Å². The van der Waals surface area contributed by atoms with Gasteiger partial charge in [0.25, 0.3) is 0 Å². The molecular formula is C14H15NO5. The van der Waals surface area contributed by atoms with Crippen LogP contribution in [0.5, 0.6) is 5.75 Å². The molecule has 0 spiro atoms. The van der Waals surface area contributed by atoms with E-state index in [1.54, 1.807) is 18.2 Å². The van der Waals surface area contributed by atoms with Gasteiger partial charge in [0.15, 0.2) is 0 Å². The summed E-state index contributed by atoms with van der Waals surface area (Å²) >= 11 is 0. The molecule has 2 rings (SSSR count). The van der Waals surface area contributed by atoms with Crippen LogP contribution in [0.3, 0.4) is 0 Å². The average Bonchev–Trinajstić information content (AvgIpc) is 2.40. The second-order valence-corrected chi connectivity index (χ2v) is 4.35. The Morgan fingerprint density at radius 1 is 1.30 bits per heavy atom. The topological polar surface area (TPSA) is 76.1 Å². The van der Waals surface area contributed by atoms with E-state index in [2.05, 4.69) is 4.74 Å². The molecule has 1 amide bonds. The van der Waals surface area contributed by atoms with Crippen molar-refractivity contribution in [1.82, 2.24) is 4.90 Å². The highest BCUT2D eigenvalue weighted by molar-refractivity contribution is 5.86. The number of ether oxygens (including phenoxy) is 2. The van der Waals surface area contributed by atoms with Crippen molar-refractivity contribution in [2.24, 2.45) is 0 Å². The summed E-state index contributed by atoms with van der Waals surface area (Å²) in [5.74, 6) is 0.267. The third-order valence-electron chi connectivity index (χ3n) is 2.91. The fourth-order valence-electron chi connectivity index (χ4n) is 1.75. The van der Waals surface area contributed by atoms with Gasteiger partial charge in [0.05, 0.1) is 20.2 Å². The minimum atomic E-state index is -0.923. The van der Waals surface area contributed by atoms with Crippen molar-refractivity contribution in [3.05, 3.63) is 35.9 Å². The van der Waals surface area contributed by atoms with Crippen molar-refractivity contribution in [3.8, 4) is 5.75 Å². The first-order chi connectivity index (χ1) is 9.58. The van der Waals surface area contributed by atoms with Gasteiger partial charge in [-0.1, -0.05) is 12.1 Å². The van der Waals surface area contributed by atoms with Gasteiger partial charge < -0.3 is 19.5 Å². The molecule has 0 atom stereocenters. The van der Waals surface area contributed by atoms with Crippen molar-refractivity contribution in [3.63, 3.8) is 0 Å². The van der Waals surface area contributed by atoms with Crippen LogP contribution in [0.25, 0.3) is 6.08 Å². The van der Waals surface area contributed by atoms with Crippen molar-refractivity contribution in [2.45, 2.75) is 6.10 Å². The van der Waals surface area contributed by atoms with E-state index in [1.165, 1.54) is 18.1 Å². The molecule has 6 nitrogen and oxygen atoms in total. The van der Waals surface area contributed by atoms with Gasteiger partial charge in [-0.15, -0.1) is 0 Å². The van der Waals surface area contributed by atoms with Gasteiger partial charge in [-0.3, -0.25) is 0 Å². The minimum Gasteiger partial charge on any atom is -0.487 e. The van der Waals surface area contributed by atoms with E-state index in [1.807, 2.05) is 12.1 Å². The number of carboxylic acid groups (broad SMARTS) is 1. The molecule has 0 unspecified atom stereocenters. The highest BCUT2D eigenvalue weighted by Crippen LogP contribution is 2.19. The molecule has 1 saturated heterocycles. The molecular weight excluding hydrogens is 262 g/mol. The Morgan fingerprint density at radius 3 is 2.50 bits per heavy atom. The summed E-state index contributed by atoms with van der Waals surface area (Å²) < 4.78 is 10.1. The predicted molar refractivity (Wildman–Crippen MR) is 71.5 cm³/mol. The molecule has 0 aromatic heterocycles. The van der Waals surface area contributed by atoms with Gasteiger partial charge in [-0.2, -0.15) is 0 Å². The van der Waals surface area contributed by atoms with Crippen LogP contribution < -0.4 is 4.74 Å². The standard InChI is InChI=1S/C14H15NO5/c1-19-13(16)7-4-10-2-5-11(6-3-10)20-12-8-15(9-12)14(17)18/h2-7,12H,8-9H2,1H3,(H,17,18). The fraction of sp³-hybridized carbons (Fsp3) is 0.286. The van der Waals surface area contributed by atoms with Crippen LogP contribution in [-0.2, 0) is 9.53 Å². The smallest absolute Gasteiger partial charge is 0.407 e. The van der Waals surface area contributed by atoms with E-state index in [4.69, 9.17) is 9.84 Å². The minimum absolute atomic E-state index is 0.0949. The van der Waals surface area contributed by atoms with E-state index < -0.39 is 12.1 Å². The summed E-state index contributed by atoms with van der Waals surface area (Å²) in [6.45, 7) is 0.776. The monoisotopic (exact) mass is 277 g/mol. The van der Waals surface area contributed by atoms with Gasteiger partial charge in [-0.25, -0.2) is 9.59 Å². The van der Waals surface area contributed by atoms with Gasteiger partial charge in [0.2, 0.25) is 0 Å². The number of esters is 1. The summed E-state index contributed by atoms with van der Waals surface area (Å²) in [7, 11) is 1.32. The second kappa shape index (κ2) is 6.10. The lowest BCUT2D eigenvalue weighted by molar-refractivity contribution is -0.134. The molecule has 1 aliphatic rings. The van der Waals surface area contributed by atoms with Crippen LogP contribution in [0.15, 0.2) is 30.3 Å². The normalized spacial score (nSPS) is 14.9.